The lowest BCUT2D eigenvalue weighted by atomic mass is 10.3. The molecule has 0 spiro atoms. The van der Waals surface area contributed by atoms with Crippen molar-refractivity contribution in [2.45, 2.75) is 20.0 Å². The smallest absolute Gasteiger partial charge is 0.119 e. The molecule has 0 radical (unpaired) electrons. The quantitative estimate of drug-likeness (QED) is 0.731. The first-order valence-corrected chi connectivity index (χ1v) is 5.47. The lowest BCUT2D eigenvalue weighted by Crippen LogP contribution is -2.06. The van der Waals surface area contributed by atoms with E-state index in [-0.39, 0.29) is 6.10 Å². The van der Waals surface area contributed by atoms with Crippen LogP contribution < -0.4 is 10.1 Å². The fourth-order valence-electron chi connectivity index (χ4n) is 1.12. The minimum absolute atomic E-state index is 0.228. The molecule has 2 nitrogen and oxygen atoms in total. The molecule has 0 atom stereocenters. The SMILES string of the molecule is CC(C)Oc1ccc(NCCS)cc1. The summed E-state index contributed by atoms with van der Waals surface area (Å²) < 4.78 is 5.53. The number of thiol groups is 1. The Labute approximate surface area is 91.1 Å². The molecule has 1 aromatic rings. The van der Waals surface area contributed by atoms with E-state index in [1.807, 2.05) is 38.1 Å². The van der Waals surface area contributed by atoms with Crippen molar-refractivity contribution >= 4 is 18.3 Å². The standard InChI is InChI=1S/C11H17NOS/c1-9(2)13-11-5-3-10(4-6-11)12-7-8-14/h3-6,9,12,14H,7-8H2,1-2H3. The number of hydrogen-bond acceptors (Lipinski definition) is 3. The third-order valence-electron chi connectivity index (χ3n) is 1.67. The van der Waals surface area contributed by atoms with Gasteiger partial charge in [0.05, 0.1) is 6.10 Å². The highest BCUT2D eigenvalue weighted by atomic mass is 32.1. The van der Waals surface area contributed by atoms with E-state index in [1.165, 1.54) is 0 Å². The van der Waals surface area contributed by atoms with Crippen LogP contribution in [-0.2, 0) is 0 Å². The van der Waals surface area contributed by atoms with Crippen LogP contribution in [0.5, 0.6) is 5.75 Å². The first kappa shape index (κ1) is 11.2. The number of anilines is 1. The van der Waals surface area contributed by atoms with Crippen LogP contribution in [0.15, 0.2) is 24.3 Å². The average Bonchev–Trinajstić information content (AvgIpc) is 2.16. The van der Waals surface area contributed by atoms with Gasteiger partial charge in [0.25, 0.3) is 0 Å². The number of benzene rings is 1. The number of hydrogen-bond donors (Lipinski definition) is 2. The molecule has 3 heteroatoms. The largest absolute Gasteiger partial charge is 0.491 e. The Balaban J connectivity index is 2.50. The maximum Gasteiger partial charge on any atom is 0.119 e. The van der Waals surface area contributed by atoms with Crippen molar-refractivity contribution in [3.8, 4) is 5.75 Å². The van der Waals surface area contributed by atoms with Gasteiger partial charge >= 0.3 is 0 Å². The monoisotopic (exact) mass is 211 g/mol. The zero-order valence-electron chi connectivity index (χ0n) is 8.66. The molecule has 14 heavy (non-hydrogen) atoms. The van der Waals surface area contributed by atoms with Gasteiger partial charge in [-0.05, 0) is 38.1 Å². The number of rotatable bonds is 5. The van der Waals surface area contributed by atoms with E-state index >= 15 is 0 Å². The Kier molecular flexibility index (Phi) is 4.66. The maximum atomic E-state index is 5.53. The van der Waals surface area contributed by atoms with Gasteiger partial charge in [0, 0.05) is 18.0 Å². The Morgan fingerprint density at radius 1 is 1.29 bits per heavy atom. The van der Waals surface area contributed by atoms with E-state index in [1.54, 1.807) is 0 Å². The third kappa shape index (κ3) is 3.92. The van der Waals surface area contributed by atoms with Gasteiger partial charge in [0.1, 0.15) is 5.75 Å². The lowest BCUT2D eigenvalue weighted by Gasteiger charge is -2.10. The molecule has 1 rings (SSSR count). The fraction of sp³-hybridized carbons (Fsp3) is 0.455. The lowest BCUT2D eigenvalue weighted by molar-refractivity contribution is 0.242. The van der Waals surface area contributed by atoms with Crippen LogP contribution in [0.3, 0.4) is 0 Å². The van der Waals surface area contributed by atoms with Gasteiger partial charge in [-0.15, -0.1) is 0 Å². The van der Waals surface area contributed by atoms with Crippen LogP contribution in [-0.4, -0.2) is 18.4 Å². The predicted molar refractivity (Wildman–Crippen MR) is 64.5 cm³/mol. The Bertz CT molecular complexity index is 258. The summed E-state index contributed by atoms with van der Waals surface area (Å²) in [5.41, 5.74) is 1.11. The van der Waals surface area contributed by atoms with E-state index < -0.39 is 0 Å². The van der Waals surface area contributed by atoms with Gasteiger partial charge in [-0.2, -0.15) is 12.6 Å². The van der Waals surface area contributed by atoms with E-state index in [9.17, 15) is 0 Å². The van der Waals surface area contributed by atoms with Gasteiger partial charge in [0.15, 0.2) is 0 Å². The summed E-state index contributed by atoms with van der Waals surface area (Å²) >= 11 is 4.13. The predicted octanol–water partition coefficient (Wildman–Crippen LogP) is 2.82. The molecule has 0 unspecified atom stereocenters. The molecule has 0 saturated carbocycles. The molecule has 0 aliphatic rings. The molecule has 0 heterocycles. The highest BCUT2D eigenvalue weighted by Crippen LogP contribution is 2.16. The van der Waals surface area contributed by atoms with Gasteiger partial charge in [-0.1, -0.05) is 0 Å². The second-order valence-corrected chi connectivity index (χ2v) is 3.79. The summed E-state index contributed by atoms with van der Waals surface area (Å²) in [4.78, 5) is 0. The van der Waals surface area contributed by atoms with Gasteiger partial charge < -0.3 is 10.1 Å². The first-order chi connectivity index (χ1) is 6.72. The van der Waals surface area contributed by atoms with Crippen molar-refractivity contribution in [1.29, 1.82) is 0 Å². The fourth-order valence-corrected chi connectivity index (χ4v) is 1.24. The first-order valence-electron chi connectivity index (χ1n) is 4.84. The Morgan fingerprint density at radius 3 is 2.43 bits per heavy atom. The highest BCUT2D eigenvalue weighted by molar-refractivity contribution is 7.80. The minimum atomic E-state index is 0.228. The summed E-state index contributed by atoms with van der Waals surface area (Å²) in [6.45, 7) is 4.92. The van der Waals surface area contributed by atoms with Crippen LogP contribution in [0.1, 0.15) is 13.8 Å². The summed E-state index contributed by atoms with van der Waals surface area (Å²) in [7, 11) is 0. The third-order valence-corrected chi connectivity index (χ3v) is 1.89. The molecule has 0 fully saturated rings. The molecule has 0 amide bonds. The topological polar surface area (TPSA) is 21.3 Å². The van der Waals surface area contributed by atoms with E-state index in [2.05, 4.69) is 17.9 Å². The molecular weight excluding hydrogens is 194 g/mol. The Hall–Kier alpha value is -0.830. The van der Waals surface area contributed by atoms with Crippen molar-refractivity contribution in [2.75, 3.05) is 17.6 Å². The molecule has 1 N–H and O–H groups in total. The molecule has 78 valence electrons. The molecule has 0 aliphatic carbocycles. The summed E-state index contributed by atoms with van der Waals surface area (Å²) in [5.74, 6) is 1.75. The van der Waals surface area contributed by atoms with Crippen LogP contribution in [0.4, 0.5) is 5.69 Å². The normalized spacial score (nSPS) is 10.3. The van der Waals surface area contributed by atoms with Crippen molar-refractivity contribution < 1.29 is 4.74 Å². The molecule has 0 aromatic heterocycles. The Morgan fingerprint density at radius 2 is 1.93 bits per heavy atom. The minimum Gasteiger partial charge on any atom is -0.491 e. The zero-order valence-corrected chi connectivity index (χ0v) is 9.55. The second kappa shape index (κ2) is 5.81. The van der Waals surface area contributed by atoms with Gasteiger partial charge in [0.2, 0.25) is 0 Å². The molecule has 0 saturated heterocycles. The molecule has 1 aromatic carbocycles. The molecule has 0 bridgehead atoms. The summed E-state index contributed by atoms with van der Waals surface area (Å²) in [6.07, 6.45) is 0.228. The molecule has 0 aliphatic heterocycles. The van der Waals surface area contributed by atoms with Crippen LogP contribution in [0.25, 0.3) is 0 Å². The van der Waals surface area contributed by atoms with E-state index in [0.29, 0.717) is 0 Å². The van der Waals surface area contributed by atoms with Crippen LogP contribution >= 0.6 is 12.6 Å². The van der Waals surface area contributed by atoms with Crippen molar-refractivity contribution in [3.05, 3.63) is 24.3 Å². The van der Waals surface area contributed by atoms with Gasteiger partial charge in [-0.3, -0.25) is 0 Å². The zero-order chi connectivity index (χ0) is 10.4. The van der Waals surface area contributed by atoms with E-state index in [4.69, 9.17) is 4.74 Å². The van der Waals surface area contributed by atoms with E-state index in [0.717, 1.165) is 23.7 Å². The van der Waals surface area contributed by atoms with Crippen molar-refractivity contribution in [1.82, 2.24) is 0 Å². The van der Waals surface area contributed by atoms with Crippen LogP contribution in [0, 0.1) is 0 Å². The van der Waals surface area contributed by atoms with Crippen LogP contribution in [0.2, 0.25) is 0 Å². The highest BCUT2D eigenvalue weighted by Gasteiger charge is 1.96. The number of ether oxygens (including phenoxy) is 1. The van der Waals surface area contributed by atoms with Crippen molar-refractivity contribution in [2.24, 2.45) is 0 Å². The van der Waals surface area contributed by atoms with Gasteiger partial charge in [-0.25, -0.2) is 0 Å². The number of nitrogens with one attached hydrogen (secondary N) is 1. The maximum absolute atomic E-state index is 5.53. The van der Waals surface area contributed by atoms with Crippen molar-refractivity contribution in [3.63, 3.8) is 0 Å². The summed E-state index contributed by atoms with van der Waals surface area (Å²) in [5, 5.41) is 3.24. The second-order valence-electron chi connectivity index (χ2n) is 3.34. The molecular formula is C11H17NOS. The average molecular weight is 211 g/mol. The summed E-state index contributed by atoms with van der Waals surface area (Å²) in [6, 6.07) is 7.98.